The lowest BCUT2D eigenvalue weighted by molar-refractivity contribution is 0.629. The van der Waals surface area contributed by atoms with Crippen molar-refractivity contribution in [3.8, 4) is 17.3 Å². The summed E-state index contributed by atoms with van der Waals surface area (Å²) < 4.78 is 1.90. The van der Waals surface area contributed by atoms with Crippen molar-refractivity contribution >= 4 is 11.5 Å². The zero-order valence-corrected chi connectivity index (χ0v) is 13.2. The largest absolute Gasteiger partial charge is 0.365 e. The normalized spacial score (nSPS) is 11.6. The number of anilines is 1. The number of imidazole rings is 2. The molecule has 2 N–H and O–H groups in total. The Hall–Kier alpha value is -2.74. The van der Waals surface area contributed by atoms with E-state index in [0.717, 1.165) is 17.1 Å². The number of fused-ring (bicyclic) bond motifs is 1. The molecule has 5 nitrogen and oxygen atoms in total. The van der Waals surface area contributed by atoms with Crippen LogP contribution < -0.4 is 5.32 Å². The van der Waals surface area contributed by atoms with Crippen LogP contribution in [0.15, 0.2) is 30.6 Å². The van der Waals surface area contributed by atoms with Crippen LogP contribution in [0.5, 0.6) is 0 Å². The molecule has 112 valence electrons. The van der Waals surface area contributed by atoms with Gasteiger partial charge >= 0.3 is 0 Å². The first-order valence-electron chi connectivity index (χ1n) is 7.23. The van der Waals surface area contributed by atoms with E-state index in [9.17, 15) is 5.26 Å². The Bertz CT molecular complexity index is 853. The van der Waals surface area contributed by atoms with Crippen LogP contribution in [0.1, 0.15) is 32.0 Å². The van der Waals surface area contributed by atoms with Crippen LogP contribution >= 0.6 is 0 Å². The van der Waals surface area contributed by atoms with Crippen molar-refractivity contribution in [2.75, 3.05) is 5.32 Å². The molecule has 0 amide bonds. The maximum atomic E-state index is 9.20. The molecule has 1 aromatic carbocycles. The van der Waals surface area contributed by atoms with E-state index >= 15 is 0 Å². The summed E-state index contributed by atoms with van der Waals surface area (Å²) in [6.45, 7) is 8.38. The number of nitriles is 1. The van der Waals surface area contributed by atoms with Gasteiger partial charge in [-0.1, -0.05) is 29.8 Å². The fourth-order valence-electron chi connectivity index (χ4n) is 2.42. The number of aryl methyl sites for hydroxylation is 1. The number of hydrogen-bond donors (Lipinski definition) is 2. The third-order valence-corrected chi connectivity index (χ3v) is 3.43. The number of hydrogen-bond acceptors (Lipinski definition) is 3. The zero-order valence-electron chi connectivity index (χ0n) is 13.2. The molecule has 0 saturated carbocycles. The lowest BCUT2D eigenvalue weighted by Crippen LogP contribution is -2.27. The van der Waals surface area contributed by atoms with E-state index in [1.165, 1.54) is 5.56 Å². The Morgan fingerprint density at radius 1 is 1.23 bits per heavy atom. The molecule has 0 bridgehead atoms. The van der Waals surface area contributed by atoms with Crippen LogP contribution in [-0.2, 0) is 0 Å². The third kappa shape index (κ3) is 2.44. The second kappa shape index (κ2) is 4.92. The lowest BCUT2D eigenvalue weighted by Gasteiger charge is -2.22. The van der Waals surface area contributed by atoms with Crippen molar-refractivity contribution in [3.63, 3.8) is 0 Å². The molecular weight excluding hydrogens is 274 g/mol. The van der Waals surface area contributed by atoms with E-state index in [1.54, 1.807) is 6.33 Å². The molecule has 3 rings (SSSR count). The van der Waals surface area contributed by atoms with Crippen molar-refractivity contribution in [1.29, 1.82) is 5.26 Å². The van der Waals surface area contributed by atoms with Gasteiger partial charge in [0.25, 0.3) is 0 Å². The van der Waals surface area contributed by atoms with Crippen molar-refractivity contribution in [3.05, 3.63) is 41.9 Å². The third-order valence-electron chi connectivity index (χ3n) is 3.43. The number of nitrogens with zero attached hydrogens (tertiary/aromatic N) is 3. The zero-order chi connectivity index (χ0) is 15.9. The van der Waals surface area contributed by atoms with E-state index in [-0.39, 0.29) is 5.54 Å². The molecule has 5 heteroatoms. The predicted octanol–water partition coefficient (Wildman–Crippen LogP) is 3.72. The van der Waals surface area contributed by atoms with Crippen LogP contribution in [-0.4, -0.2) is 19.9 Å². The maximum absolute atomic E-state index is 9.20. The van der Waals surface area contributed by atoms with E-state index in [2.05, 4.69) is 73.3 Å². The highest BCUT2D eigenvalue weighted by molar-refractivity contribution is 5.78. The molecule has 2 heterocycles. The Morgan fingerprint density at radius 3 is 2.50 bits per heavy atom. The Labute approximate surface area is 129 Å². The molecular formula is C17H19N5. The van der Waals surface area contributed by atoms with Gasteiger partial charge in [-0.05, 0) is 27.7 Å². The quantitative estimate of drug-likeness (QED) is 0.756. The fourth-order valence-corrected chi connectivity index (χ4v) is 2.42. The molecule has 0 atom stereocenters. The van der Waals surface area contributed by atoms with Crippen LogP contribution in [0.4, 0.5) is 5.82 Å². The summed E-state index contributed by atoms with van der Waals surface area (Å²) in [4.78, 5) is 7.48. The summed E-state index contributed by atoms with van der Waals surface area (Å²) in [5.74, 6) is 0.917. The molecule has 0 aliphatic heterocycles. The van der Waals surface area contributed by atoms with Gasteiger partial charge in [-0.2, -0.15) is 5.26 Å². The average molecular weight is 293 g/mol. The van der Waals surface area contributed by atoms with E-state index < -0.39 is 0 Å². The van der Waals surface area contributed by atoms with Crippen molar-refractivity contribution in [2.45, 2.75) is 33.2 Å². The Kier molecular flexibility index (Phi) is 3.18. The number of H-pyrrole nitrogens is 1. The molecule has 0 aliphatic carbocycles. The predicted molar refractivity (Wildman–Crippen MR) is 87.8 cm³/mol. The van der Waals surface area contributed by atoms with Crippen molar-refractivity contribution in [1.82, 2.24) is 14.4 Å². The molecule has 0 unspecified atom stereocenters. The second-order valence-corrected chi connectivity index (χ2v) is 6.51. The van der Waals surface area contributed by atoms with Crippen LogP contribution in [0.2, 0.25) is 0 Å². The van der Waals surface area contributed by atoms with Crippen molar-refractivity contribution < 1.29 is 0 Å². The molecule has 3 aromatic rings. The Balaban J connectivity index is 2.23. The monoisotopic (exact) mass is 293 g/mol. The minimum Gasteiger partial charge on any atom is -0.365 e. The summed E-state index contributed by atoms with van der Waals surface area (Å²) >= 11 is 0. The van der Waals surface area contributed by atoms with Gasteiger partial charge in [0.15, 0.2) is 11.3 Å². The lowest BCUT2D eigenvalue weighted by atomic mass is 10.1. The second-order valence-electron chi connectivity index (χ2n) is 6.51. The minimum absolute atomic E-state index is 0.106. The molecule has 0 spiro atoms. The summed E-state index contributed by atoms with van der Waals surface area (Å²) in [6, 6.07) is 10.4. The number of nitrogens with one attached hydrogen (secondary N) is 2. The fraction of sp³-hybridized carbons (Fsp3) is 0.294. The number of rotatable bonds is 2. The summed E-state index contributed by atoms with van der Waals surface area (Å²) in [5.41, 5.74) is 4.26. The topological polar surface area (TPSA) is 68.9 Å². The SMILES string of the molecule is Cc1ccc(-c2[nH]c3c(C#N)ncn3c2NC(C)(C)C)cc1. The standard InChI is InChI=1S/C17H19N5/c1-11-5-7-12(8-6-11)14-16(21-17(2,3)4)22-10-19-13(9-18)15(22)20-14/h5-8,10,20-21H,1-4H3. The van der Waals surface area contributed by atoms with Gasteiger partial charge in [0.2, 0.25) is 0 Å². The molecule has 0 fully saturated rings. The van der Waals surface area contributed by atoms with Crippen molar-refractivity contribution in [2.24, 2.45) is 0 Å². The van der Waals surface area contributed by atoms with Gasteiger partial charge in [0, 0.05) is 11.1 Å². The van der Waals surface area contributed by atoms with Gasteiger partial charge in [-0.15, -0.1) is 0 Å². The molecule has 2 aromatic heterocycles. The molecule has 0 saturated heterocycles. The highest BCUT2D eigenvalue weighted by Gasteiger charge is 2.20. The Morgan fingerprint density at radius 2 is 1.91 bits per heavy atom. The first-order valence-corrected chi connectivity index (χ1v) is 7.23. The molecule has 0 aliphatic rings. The number of aromatic nitrogens is 3. The average Bonchev–Trinajstić information content (AvgIpc) is 2.98. The van der Waals surface area contributed by atoms with E-state index in [1.807, 2.05) is 4.40 Å². The van der Waals surface area contributed by atoms with Crippen LogP contribution in [0, 0.1) is 18.3 Å². The minimum atomic E-state index is -0.106. The summed E-state index contributed by atoms with van der Waals surface area (Å²) in [5, 5.41) is 12.7. The molecule has 0 radical (unpaired) electrons. The highest BCUT2D eigenvalue weighted by Crippen LogP contribution is 2.31. The maximum Gasteiger partial charge on any atom is 0.183 e. The van der Waals surface area contributed by atoms with Gasteiger partial charge in [-0.25, -0.2) is 4.98 Å². The smallest absolute Gasteiger partial charge is 0.183 e. The first kappa shape index (κ1) is 14.2. The van der Waals surface area contributed by atoms with E-state index in [4.69, 9.17) is 0 Å². The number of benzene rings is 1. The first-order chi connectivity index (χ1) is 10.4. The van der Waals surface area contributed by atoms with Crippen LogP contribution in [0.25, 0.3) is 16.9 Å². The molecule has 22 heavy (non-hydrogen) atoms. The van der Waals surface area contributed by atoms with Gasteiger partial charge < -0.3 is 10.3 Å². The van der Waals surface area contributed by atoms with Crippen LogP contribution in [0.3, 0.4) is 0 Å². The summed E-state index contributed by atoms with van der Waals surface area (Å²) in [7, 11) is 0. The van der Waals surface area contributed by atoms with Gasteiger partial charge in [0.1, 0.15) is 18.2 Å². The van der Waals surface area contributed by atoms with Gasteiger partial charge in [0.05, 0.1) is 5.69 Å². The van der Waals surface area contributed by atoms with E-state index in [0.29, 0.717) is 11.3 Å². The van der Waals surface area contributed by atoms with Gasteiger partial charge in [-0.3, -0.25) is 4.40 Å². The number of aromatic amines is 1. The highest BCUT2D eigenvalue weighted by atomic mass is 15.2. The summed E-state index contributed by atoms with van der Waals surface area (Å²) in [6.07, 6.45) is 1.68.